The van der Waals surface area contributed by atoms with Crippen molar-refractivity contribution in [3.8, 4) is 11.5 Å². The summed E-state index contributed by atoms with van der Waals surface area (Å²) in [4.78, 5) is 42.1. The number of nitrogens with one attached hydrogen (secondary N) is 1. The Hall–Kier alpha value is -3.81. The Morgan fingerprint density at radius 1 is 0.806 bits per heavy atom. The number of fused-ring (bicyclic) bond motifs is 1. The molecule has 0 aliphatic carbocycles. The number of carbonyl (C=O) groups excluding carboxylic acids is 3. The largest absolute Gasteiger partial charge is 0.454 e. The van der Waals surface area contributed by atoms with Gasteiger partial charge in [-0.15, -0.1) is 0 Å². The monoisotopic (exact) mass is 489 g/mol. The number of carbonyl (C=O) groups is 3. The minimum absolute atomic E-state index is 0.0148. The molecule has 2 aromatic rings. The van der Waals surface area contributed by atoms with Gasteiger partial charge in [-0.05, 0) is 49.5 Å². The van der Waals surface area contributed by atoms with E-state index >= 15 is 0 Å². The quantitative estimate of drug-likeness (QED) is 0.649. The lowest BCUT2D eigenvalue weighted by atomic mass is 9.91. The third-order valence-corrected chi connectivity index (χ3v) is 7.19. The van der Waals surface area contributed by atoms with E-state index < -0.39 is 0 Å². The van der Waals surface area contributed by atoms with Gasteiger partial charge >= 0.3 is 0 Å². The molecule has 0 atom stereocenters. The topological polar surface area (TPSA) is 88.2 Å². The maximum Gasteiger partial charge on any atom is 0.246 e. The van der Waals surface area contributed by atoms with Crippen molar-refractivity contribution in [3.05, 3.63) is 60.2 Å². The van der Waals surface area contributed by atoms with Gasteiger partial charge in [-0.1, -0.05) is 30.3 Å². The van der Waals surface area contributed by atoms with Gasteiger partial charge in [0.05, 0.1) is 0 Å². The van der Waals surface area contributed by atoms with Crippen LogP contribution >= 0.6 is 0 Å². The number of anilines is 1. The summed E-state index contributed by atoms with van der Waals surface area (Å²) in [5.74, 6) is 1.22. The van der Waals surface area contributed by atoms with Crippen LogP contribution in [0.25, 0.3) is 6.08 Å². The summed E-state index contributed by atoms with van der Waals surface area (Å²) in [6.45, 7) is 2.53. The Balaban J connectivity index is 1.06. The zero-order chi connectivity index (χ0) is 24.9. The molecule has 3 aliphatic heterocycles. The molecule has 8 heteroatoms. The van der Waals surface area contributed by atoms with Gasteiger partial charge in [-0.2, -0.15) is 0 Å². The number of hydrogen-bond donors (Lipinski definition) is 1. The van der Waals surface area contributed by atoms with Crippen molar-refractivity contribution in [1.82, 2.24) is 9.80 Å². The molecule has 2 saturated heterocycles. The summed E-state index contributed by atoms with van der Waals surface area (Å²) in [5.41, 5.74) is 1.67. The van der Waals surface area contributed by atoms with Gasteiger partial charge in [0.2, 0.25) is 24.5 Å². The Kier molecular flexibility index (Phi) is 7.21. The fourth-order valence-corrected chi connectivity index (χ4v) is 5.02. The van der Waals surface area contributed by atoms with Crippen LogP contribution in [0.15, 0.2) is 54.6 Å². The van der Waals surface area contributed by atoms with Crippen molar-refractivity contribution in [1.29, 1.82) is 0 Å². The first-order valence-corrected chi connectivity index (χ1v) is 12.6. The molecule has 36 heavy (non-hydrogen) atoms. The normalized spacial score (nSPS) is 18.4. The van der Waals surface area contributed by atoms with Crippen molar-refractivity contribution in [3.63, 3.8) is 0 Å². The molecule has 0 radical (unpaired) electrons. The molecule has 0 saturated carbocycles. The van der Waals surface area contributed by atoms with E-state index in [1.165, 1.54) is 0 Å². The molecule has 2 aromatic carbocycles. The van der Waals surface area contributed by atoms with Crippen LogP contribution in [0.1, 0.15) is 31.2 Å². The first-order valence-electron chi connectivity index (χ1n) is 12.6. The highest BCUT2D eigenvalue weighted by Crippen LogP contribution is 2.34. The van der Waals surface area contributed by atoms with Gasteiger partial charge in [0.15, 0.2) is 11.5 Å². The van der Waals surface area contributed by atoms with Gasteiger partial charge in [-0.25, -0.2) is 0 Å². The number of amides is 3. The second-order valence-corrected chi connectivity index (χ2v) is 9.50. The molecule has 3 heterocycles. The van der Waals surface area contributed by atoms with E-state index in [4.69, 9.17) is 9.47 Å². The van der Waals surface area contributed by atoms with Gasteiger partial charge in [-0.3, -0.25) is 14.4 Å². The van der Waals surface area contributed by atoms with E-state index in [0.717, 1.165) is 5.56 Å². The number of likely N-dealkylation sites (tertiary alicyclic amines) is 2. The lowest BCUT2D eigenvalue weighted by Crippen LogP contribution is -2.47. The summed E-state index contributed by atoms with van der Waals surface area (Å²) in [6, 6.07) is 15.1. The highest BCUT2D eigenvalue weighted by molar-refractivity contribution is 5.93. The van der Waals surface area contributed by atoms with E-state index in [9.17, 15) is 14.4 Å². The summed E-state index contributed by atoms with van der Waals surface area (Å²) < 4.78 is 10.7. The molecule has 0 bridgehead atoms. The molecule has 0 spiro atoms. The van der Waals surface area contributed by atoms with Gasteiger partial charge < -0.3 is 24.6 Å². The van der Waals surface area contributed by atoms with Crippen LogP contribution in [0.3, 0.4) is 0 Å². The molecule has 3 amide bonds. The molecule has 3 aliphatic rings. The average Bonchev–Trinajstić information content (AvgIpc) is 3.40. The SMILES string of the molecule is O=C(Nc1ccc2c(c1)OCO2)C1CCN(C(=O)C2CCN(C(=O)C=Cc3ccccc3)CC2)CC1. The number of hydrogen-bond acceptors (Lipinski definition) is 5. The van der Waals surface area contributed by atoms with Crippen molar-refractivity contribution in [2.24, 2.45) is 11.8 Å². The second-order valence-electron chi connectivity index (χ2n) is 9.50. The van der Waals surface area contributed by atoms with Crippen molar-refractivity contribution >= 4 is 29.5 Å². The number of piperidine rings is 2. The molecule has 0 unspecified atom stereocenters. The average molecular weight is 490 g/mol. The summed E-state index contributed by atoms with van der Waals surface area (Å²) in [5, 5.41) is 2.96. The predicted octanol–water partition coefficient (Wildman–Crippen LogP) is 3.54. The Morgan fingerprint density at radius 2 is 1.47 bits per heavy atom. The van der Waals surface area contributed by atoms with E-state index in [1.807, 2.05) is 46.2 Å². The fourth-order valence-electron chi connectivity index (χ4n) is 5.02. The highest BCUT2D eigenvalue weighted by Gasteiger charge is 2.33. The van der Waals surface area contributed by atoms with E-state index in [1.54, 1.807) is 24.3 Å². The first kappa shape index (κ1) is 23.9. The van der Waals surface area contributed by atoms with Crippen LogP contribution in [-0.4, -0.2) is 60.5 Å². The number of nitrogens with zero attached hydrogens (tertiary/aromatic N) is 2. The molecule has 1 N–H and O–H groups in total. The minimum atomic E-state index is -0.129. The smallest absolute Gasteiger partial charge is 0.246 e. The maximum absolute atomic E-state index is 13.1. The van der Waals surface area contributed by atoms with E-state index in [2.05, 4.69) is 5.32 Å². The van der Waals surface area contributed by atoms with Gasteiger partial charge in [0.25, 0.3) is 0 Å². The Morgan fingerprint density at radius 3 is 2.22 bits per heavy atom. The third kappa shape index (κ3) is 5.53. The Bertz CT molecular complexity index is 1130. The van der Waals surface area contributed by atoms with Crippen molar-refractivity contribution in [2.75, 3.05) is 38.3 Å². The summed E-state index contributed by atoms with van der Waals surface area (Å²) in [7, 11) is 0. The molecule has 188 valence electrons. The molecule has 0 aromatic heterocycles. The molecular formula is C28H31N3O5. The Labute approximate surface area is 210 Å². The fraction of sp³-hybridized carbons (Fsp3) is 0.393. The third-order valence-electron chi connectivity index (χ3n) is 7.19. The van der Waals surface area contributed by atoms with Crippen LogP contribution in [0, 0.1) is 11.8 Å². The van der Waals surface area contributed by atoms with E-state index in [0.29, 0.717) is 69.0 Å². The lowest BCUT2D eigenvalue weighted by molar-refractivity contribution is -0.141. The minimum Gasteiger partial charge on any atom is -0.454 e. The molecule has 8 nitrogen and oxygen atoms in total. The van der Waals surface area contributed by atoms with Gasteiger partial charge in [0, 0.05) is 55.8 Å². The maximum atomic E-state index is 13.1. The first-order chi connectivity index (χ1) is 17.6. The van der Waals surface area contributed by atoms with Crippen LogP contribution in [0.5, 0.6) is 11.5 Å². The summed E-state index contributed by atoms with van der Waals surface area (Å²) >= 11 is 0. The van der Waals surface area contributed by atoms with Crippen molar-refractivity contribution < 1.29 is 23.9 Å². The zero-order valence-electron chi connectivity index (χ0n) is 20.2. The second kappa shape index (κ2) is 10.8. The van der Waals surface area contributed by atoms with Crippen LogP contribution < -0.4 is 14.8 Å². The van der Waals surface area contributed by atoms with Crippen molar-refractivity contribution in [2.45, 2.75) is 25.7 Å². The van der Waals surface area contributed by atoms with Crippen LogP contribution in [0.4, 0.5) is 5.69 Å². The predicted molar refractivity (Wildman–Crippen MR) is 135 cm³/mol. The number of benzene rings is 2. The standard InChI is InChI=1S/C28H31N3O5/c32-26(9-6-20-4-2-1-3-5-20)30-14-12-22(13-15-30)28(34)31-16-10-21(11-17-31)27(33)29-23-7-8-24-25(18-23)36-19-35-24/h1-9,18,21-22H,10-17,19H2,(H,29,33). The molecule has 2 fully saturated rings. The van der Waals surface area contributed by atoms with Crippen LogP contribution in [0.2, 0.25) is 0 Å². The number of ether oxygens (including phenoxy) is 2. The lowest BCUT2D eigenvalue weighted by Gasteiger charge is -2.36. The molecule has 5 rings (SSSR count). The highest BCUT2D eigenvalue weighted by atomic mass is 16.7. The zero-order valence-corrected chi connectivity index (χ0v) is 20.2. The molecular weight excluding hydrogens is 458 g/mol. The number of rotatable bonds is 5. The van der Waals surface area contributed by atoms with E-state index in [-0.39, 0.29) is 36.4 Å². The summed E-state index contributed by atoms with van der Waals surface area (Å²) in [6.07, 6.45) is 6.07. The van der Waals surface area contributed by atoms with Crippen LogP contribution in [-0.2, 0) is 14.4 Å². The van der Waals surface area contributed by atoms with Gasteiger partial charge in [0.1, 0.15) is 0 Å².